The predicted molar refractivity (Wildman–Crippen MR) is 55.5 cm³/mol. The van der Waals surface area contributed by atoms with E-state index in [4.69, 9.17) is 0 Å². The SMILES string of the molecule is C=C1CC(C)(C)C=C(CC)C1C=O. The molecule has 0 saturated heterocycles. The lowest BCUT2D eigenvalue weighted by Crippen LogP contribution is -2.22. The molecule has 0 amide bonds. The standard InChI is InChI=1S/C12H18O/c1-5-10-7-12(3,4)6-9(2)11(10)8-13/h7-8,11H,2,5-6H2,1,3-4H3. The maximum absolute atomic E-state index is 10.8. The summed E-state index contributed by atoms with van der Waals surface area (Å²) in [5.41, 5.74) is 2.48. The summed E-state index contributed by atoms with van der Waals surface area (Å²) in [6, 6.07) is 0. The number of carbonyl (C=O) groups excluding carboxylic acids is 1. The topological polar surface area (TPSA) is 17.1 Å². The number of hydrogen-bond donors (Lipinski definition) is 0. The molecule has 1 aliphatic rings. The van der Waals surface area contributed by atoms with E-state index in [2.05, 4.69) is 33.4 Å². The molecule has 0 bridgehead atoms. The zero-order chi connectivity index (χ0) is 10.1. The van der Waals surface area contributed by atoms with Gasteiger partial charge < -0.3 is 4.79 Å². The molecule has 0 fully saturated rings. The average molecular weight is 178 g/mol. The van der Waals surface area contributed by atoms with Crippen molar-refractivity contribution in [1.82, 2.24) is 0 Å². The van der Waals surface area contributed by atoms with Gasteiger partial charge in [-0.3, -0.25) is 0 Å². The summed E-state index contributed by atoms with van der Waals surface area (Å²) in [5.74, 6) is -0.0157. The molecule has 13 heavy (non-hydrogen) atoms. The van der Waals surface area contributed by atoms with E-state index in [1.165, 1.54) is 5.57 Å². The Kier molecular flexibility index (Phi) is 2.74. The molecule has 72 valence electrons. The fourth-order valence-corrected chi connectivity index (χ4v) is 2.11. The third-order valence-corrected chi connectivity index (χ3v) is 2.64. The van der Waals surface area contributed by atoms with Crippen molar-refractivity contribution in [3.63, 3.8) is 0 Å². The molecule has 1 unspecified atom stereocenters. The van der Waals surface area contributed by atoms with Crippen LogP contribution in [-0.4, -0.2) is 6.29 Å². The molecule has 0 aromatic rings. The van der Waals surface area contributed by atoms with Crippen LogP contribution in [0.4, 0.5) is 0 Å². The van der Waals surface area contributed by atoms with E-state index in [0.29, 0.717) is 0 Å². The normalized spacial score (nSPS) is 26.8. The molecule has 0 aromatic carbocycles. The first kappa shape index (κ1) is 10.2. The summed E-state index contributed by atoms with van der Waals surface area (Å²) >= 11 is 0. The smallest absolute Gasteiger partial charge is 0.131 e. The Morgan fingerprint density at radius 1 is 1.69 bits per heavy atom. The molecule has 0 aromatic heterocycles. The number of carbonyl (C=O) groups is 1. The molecule has 0 radical (unpaired) electrons. The Hall–Kier alpha value is -0.850. The quantitative estimate of drug-likeness (QED) is 0.469. The fraction of sp³-hybridized carbons (Fsp3) is 0.583. The van der Waals surface area contributed by atoms with Crippen molar-refractivity contribution in [2.24, 2.45) is 11.3 Å². The van der Waals surface area contributed by atoms with Gasteiger partial charge in [0.1, 0.15) is 6.29 Å². The Balaban J connectivity index is 3.03. The number of rotatable bonds is 2. The minimum Gasteiger partial charge on any atom is -0.302 e. The highest BCUT2D eigenvalue weighted by Gasteiger charge is 2.28. The van der Waals surface area contributed by atoms with E-state index >= 15 is 0 Å². The minimum atomic E-state index is -0.0157. The van der Waals surface area contributed by atoms with E-state index in [1.807, 2.05) is 0 Å². The van der Waals surface area contributed by atoms with Crippen molar-refractivity contribution in [2.45, 2.75) is 33.6 Å². The van der Waals surface area contributed by atoms with Crippen LogP contribution in [0.25, 0.3) is 0 Å². The van der Waals surface area contributed by atoms with E-state index in [0.717, 1.165) is 24.7 Å². The molecular weight excluding hydrogens is 160 g/mol. The van der Waals surface area contributed by atoms with Gasteiger partial charge >= 0.3 is 0 Å². The lowest BCUT2D eigenvalue weighted by molar-refractivity contribution is -0.109. The van der Waals surface area contributed by atoms with Crippen LogP contribution >= 0.6 is 0 Å². The lowest BCUT2D eigenvalue weighted by Gasteiger charge is -2.32. The Labute approximate surface area is 80.5 Å². The summed E-state index contributed by atoms with van der Waals surface area (Å²) < 4.78 is 0. The molecule has 1 rings (SSSR count). The highest BCUT2D eigenvalue weighted by molar-refractivity contribution is 5.65. The predicted octanol–water partition coefficient (Wildman–Crippen LogP) is 3.12. The minimum absolute atomic E-state index is 0.0157. The molecule has 1 heteroatoms. The molecule has 0 spiro atoms. The van der Waals surface area contributed by atoms with Crippen molar-refractivity contribution in [3.8, 4) is 0 Å². The van der Waals surface area contributed by atoms with Gasteiger partial charge in [-0.1, -0.05) is 44.6 Å². The zero-order valence-electron chi connectivity index (χ0n) is 8.76. The fourth-order valence-electron chi connectivity index (χ4n) is 2.11. The Morgan fingerprint density at radius 3 is 2.77 bits per heavy atom. The first-order valence-corrected chi connectivity index (χ1v) is 4.85. The van der Waals surface area contributed by atoms with Crippen LogP contribution in [0, 0.1) is 11.3 Å². The molecule has 1 atom stereocenters. The van der Waals surface area contributed by atoms with Gasteiger partial charge in [-0.05, 0) is 18.3 Å². The molecular formula is C12H18O. The van der Waals surface area contributed by atoms with Gasteiger partial charge in [-0.25, -0.2) is 0 Å². The summed E-state index contributed by atoms with van der Waals surface area (Å²) in [6.07, 6.45) is 5.14. The summed E-state index contributed by atoms with van der Waals surface area (Å²) in [7, 11) is 0. The van der Waals surface area contributed by atoms with Gasteiger partial charge in [-0.15, -0.1) is 0 Å². The van der Waals surface area contributed by atoms with Gasteiger partial charge in [-0.2, -0.15) is 0 Å². The molecule has 0 heterocycles. The zero-order valence-corrected chi connectivity index (χ0v) is 8.76. The van der Waals surface area contributed by atoms with Crippen molar-refractivity contribution < 1.29 is 4.79 Å². The Morgan fingerprint density at radius 2 is 2.31 bits per heavy atom. The van der Waals surface area contributed by atoms with Crippen LogP contribution in [0.2, 0.25) is 0 Å². The first-order valence-electron chi connectivity index (χ1n) is 4.85. The van der Waals surface area contributed by atoms with Crippen LogP contribution in [0.5, 0.6) is 0 Å². The van der Waals surface area contributed by atoms with Crippen LogP contribution < -0.4 is 0 Å². The van der Waals surface area contributed by atoms with E-state index < -0.39 is 0 Å². The summed E-state index contributed by atoms with van der Waals surface area (Å²) in [5, 5.41) is 0. The van der Waals surface area contributed by atoms with E-state index in [1.54, 1.807) is 0 Å². The van der Waals surface area contributed by atoms with Crippen LogP contribution in [0.15, 0.2) is 23.8 Å². The van der Waals surface area contributed by atoms with Crippen molar-refractivity contribution >= 4 is 6.29 Å². The Bertz CT molecular complexity index is 258. The third kappa shape index (κ3) is 2.09. The van der Waals surface area contributed by atoms with Gasteiger partial charge in [0.25, 0.3) is 0 Å². The number of hydrogen-bond acceptors (Lipinski definition) is 1. The molecule has 1 nitrogen and oxygen atoms in total. The maximum atomic E-state index is 10.8. The van der Waals surface area contributed by atoms with E-state index in [-0.39, 0.29) is 11.3 Å². The molecule has 1 aliphatic carbocycles. The van der Waals surface area contributed by atoms with Gasteiger partial charge in [0, 0.05) is 0 Å². The van der Waals surface area contributed by atoms with Crippen molar-refractivity contribution in [2.75, 3.05) is 0 Å². The lowest BCUT2D eigenvalue weighted by atomic mass is 9.72. The van der Waals surface area contributed by atoms with Gasteiger partial charge in [0.2, 0.25) is 0 Å². The highest BCUT2D eigenvalue weighted by Crippen LogP contribution is 2.39. The van der Waals surface area contributed by atoms with Crippen molar-refractivity contribution in [1.29, 1.82) is 0 Å². The van der Waals surface area contributed by atoms with Crippen LogP contribution in [-0.2, 0) is 4.79 Å². The molecule has 0 saturated carbocycles. The average Bonchev–Trinajstić information content (AvgIpc) is 2.01. The first-order chi connectivity index (χ1) is 6.00. The number of aldehydes is 1. The van der Waals surface area contributed by atoms with Crippen LogP contribution in [0.1, 0.15) is 33.6 Å². The van der Waals surface area contributed by atoms with Crippen LogP contribution in [0.3, 0.4) is 0 Å². The van der Waals surface area contributed by atoms with E-state index in [9.17, 15) is 4.79 Å². The summed E-state index contributed by atoms with van der Waals surface area (Å²) in [6.45, 7) is 10.5. The van der Waals surface area contributed by atoms with Crippen molar-refractivity contribution in [3.05, 3.63) is 23.8 Å². The third-order valence-electron chi connectivity index (χ3n) is 2.64. The summed E-state index contributed by atoms with van der Waals surface area (Å²) in [4.78, 5) is 10.8. The second-order valence-electron chi connectivity index (χ2n) is 4.51. The monoisotopic (exact) mass is 178 g/mol. The second-order valence-corrected chi connectivity index (χ2v) is 4.51. The number of allylic oxidation sites excluding steroid dienone is 3. The second kappa shape index (κ2) is 3.49. The highest BCUT2D eigenvalue weighted by atomic mass is 16.1. The van der Waals surface area contributed by atoms with Gasteiger partial charge in [0.15, 0.2) is 0 Å². The molecule has 0 aliphatic heterocycles. The largest absolute Gasteiger partial charge is 0.302 e. The van der Waals surface area contributed by atoms with Gasteiger partial charge in [0.05, 0.1) is 5.92 Å². The molecule has 0 N–H and O–H groups in total. The maximum Gasteiger partial charge on any atom is 0.131 e.